The molecular formula is C67H86N15O16S2+3. The molecule has 0 saturated carbocycles. The predicted molar refractivity (Wildman–Crippen MR) is 371 cm³/mol. The van der Waals surface area contributed by atoms with Crippen molar-refractivity contribution in [1.29, 1.82) is 0 Å². The van der Waals surface area contributed by atoms with E-state index in [2.05, 4.69) is 72.7 Å². The summed E-state index contributed by atoms with van der Waals surface area (Å²) in [4.78, 5) is 89.0. The molecule has 3 heterocycles. The first-order chi connectivity index (χ1) is 48.2. The molecule has 534 valence electrons. The molecule has 6 amide bonds. The Morgan fingerprint density at radius 2 is 1.15 bits per heavy atom. The van der Waals surface area contributed by atoms with E-state index in [1.54, 1.807) is 47.3 Å². The number of rotatable bonds is 36. The molecule has 0 bridgehead atoms. The van der Waals surface area contributed by atoms with Gasteiger partial charge in [0.15, 0.2) is 12.4 Å². The van der Waals surface area contributed by atoms with E-state index < -0.39 is 49.6 Å². The van der Waals surface area contributed by atoms with Crippen molar-refractivity contribution in [2.45, 2.75) is 62.7 Å². The SMILES string of the molecule is COc1cc(NS(=O)(=O)c2cccc(NC(=O)[CH+]c3cc(C)cc(CONCCCCNC(=O)c4cc(C)c[n+](COC=[NH+]c5cccc(S(=O)(=O)Nc6ccc(NNC(=O)C(=O)NCCCN7CCOCC7)c(OC)c6)c5)c4)c3)c2)ccc1NNC(=O)C(=O)NCCCN1CCOCC1. The second-order valence-electron chi connectivity index (χ2n) is 23.1. The van der Waals surface area contributed by atoms with Crippen LogP contribution in [0.5, 0.6) is 11.5 Å². The highest BCUT2D eigenvalue weighted by molar-refractivity contribution is 7.93. The molecule has 1 aromatic heterocycles. The number of pyridine rings is 1. The first-order valence-corrected chi connectivity index (χ1v) is 35.2. The number of amides is 6. The Kier molecular flexibility index (Phi) is 29.0. The summed E-state index contributed by atoms with van der Waals surface area (Å²) in [6.07, 6.45) is 8.80. The summed E-state index contributed by atoms with van der Waals surface area (Å²) >= 11 is 0. The van der Waals surface area contributed by atoms with E-state index >= 15 is 0 Å². The Morgan fingerprint density at radius 3 is 1.74 bits per heavy atom. The van der Waals surface area contributed by atoms with E-state index in [0.29, 0.717) is 95.1 Å². The van der Waals surface area contributed by atoms with Crippen molar-refractivity contribution in [1.82, 2.24) is 42.1 Å². The standard InChI is InChI=1S/C67H83N15O16S2/c1-47-33-49(37-62(83)73-53-12-8-14-57(39-53)100(91,92)79-55-16-18-59(61(41-55)94-4)75-77-67(88)65(86)70-21-10-24-81-27-31-96-32-28-81)36-50(34-47)44-98-72-22-6-5-19-68-63(84)51-35-48(2)42-82(43-51)46-97-45-71-52-11-7-13-56(38-52)99(89,90)78-54-15-17-58(60(40-54)93-3)74-76-66(87)64(85)69-20-9-23-80-25-29-95-30-26-80/h7-8,11-18,33-43,45,72H,5-6,9-10,19-32,44,46H2,1-4H3,(H8-2,68,69,70,73,74,75,76,77,78,79,83,84,85,86,87,88)/p+3. The second-order valence-corrected chi connectivity index (χ2v) is 26.5. The number of carbonyl (C=O) groups is 6. The lowest BCUT2D eigenvalue weighted by atomic mass is 10.0. The average Bonchev–Trinajstić information content (AvgIpc) is 0.820. The van der Waals surface area contributed by atoms with Gasteiger partial charge in [-0.2, -0.15) is 9.56 Å². The summed E-state index contributed by atoms with van der Waals surface area (Å²) in [6, 6.07) is 27.7. The quantitative estimate of drug-likeness (QED) is 0.00506. The number of sulfonamides is 2. The Labute approximate surface area is 580 Å². The molecule has 6 aromatic rings. The van der Waals surface area contributed by atoms with E-state index in [4.69, 9.17) is 28.5 Å². The summed E-state index contributed by atoms with van der Waals surface area (Å²) in [5, 5.41) is 10.9. The molecule has 8 rings (SSSR count). The minimum absolute atomic E-state index is 0.0200. The maximum atomic E-state index is 13.6. The molecule has 31 nitrogen and oxygen atoms in total. The monoisotopic (exact) mass is 1420 g/mol. The van der Waals surface area contributed by atoms with Gasteiger partial charge in [0.2, 0.25) is 5.69 Å². The Balaban J connectivity index is 0.699. The van der Waals surface area contributed by atoms with Crippen LogP contribution in [0.1, 0.15) is 58.3 Å². The summed E-state index contributed by atoms with van der Waals surface area (Å²) in [7, 11) is -5.56. The van der Waals surface area contributed by atoms with Gasteiger partial charge < -0.3 is 45.0 Å². The summed E-state index contributed by atoms with van der Waals surface area (Å²) in [5.74, 6) is -3.91. The van der Waals surface area contributed by atoms with Crippen molar-refractivity contribution in [3.63, 3.8) is 0 Å². The molecule has 0 spiro atoms. The molecular weight excluding hydrogens is 1330 g/mol. The lowest BCUT2D eigenvalue weighted by Gasteiger charge is -2.26. The van der Waals surface area contributed by atoms with Gasteiger partial charge in [0, 0.05) is 105 Å². The minimum Gasteiger partial charge on any atom is -0.494 e. The zero-order valence-corrected chi connectivity index (χ0v) is 57.7. The van der Waals surface area contributed by atoms with Crippen molar-refractivity contribution in [2.75, 3.05) is 132 Å². The number of hydrazine groups is 2. The molecule has 33 heteroatoms. The lowest BCUT2D eigenvalue weighted by Crippen LogP contribution is -2.62. The van der Waals surface area contributed by atoms with Gasteiger partial charge in [-0.05, 0) is 113 Å². The highest BCUT2D eigenvalue weighted by atomic mass is 32.2. The molecule has 0 atom stereocenters. The number of hydrogen-bond donors (Lipinski definition) is 12. The number of anilines is 5. The largest absolute Gasteiger partial charge is 0.494 e. The van der Waals surface area contributed by atoms with Crippen LogP contribution in [0, 0.1) is 20.3 Å². The molecule has 12 N–H and O–H groups in total. The van der Waals surface area contributed by atoms with Crippen molar-refractivity contribution in [3.8, 4) is 11.5 Å². The molecule has 5 aromatic carbocycles. The summed E-state index contributed by atoms with van der Waals surface area (Å²) in [6.45, 7) is 13.0. The van der Waals surface area contributed by atoms with Crippen LogP contribution in [0.3, 0.4) is 0 Å². The van der Waals surface area contributed by atoms with Gasteiger partial charge in [-0.1, -0.05) is 12.1 Å². The number of nitrogens with zero attached hydrogens (tertiary/aromatic N) is 3. The minimum atomic E-state index is -4.18. The van der Waals surface area contributed by atoms with E-state index in [1.165, 1.54) is 93.8 Å². The number of aryl methyl sites for hydroxylation is 2. The third-order valence-electron chi connectivity index (χ3n) is 15.2. The van der Waals surface area contributed by atoms with Gasteiger partial charge in [0.1, 0.15) is 35.7 Å². The number of hydroxylamine groups is 1. The Morgan fingerprint density at radius 1 is 0.590 bits per heavy atom. The molecule has 0 radical (unpaired) electrons. The fourth-order valence-corrected chi connectivity index (χ4v) is 12.5. The Hall–Kier alpha value is -10.1. The van der Waals surface area contributed by atoms with Gasteiger partial charge in [-0.3, -0.25) is 74.6 Å². The number of morpholine rings is 2. The maximum absolute atomic E-state index is 13.6. The third kappa shape index (κ3) is 24.7. The number of aromatic nitrogens is 1. The molecule has 100 heavy (non-hydrogen) atoms. The number of ether oxygens (including phenoxy) is 5. The van der Waals surface area contributed by atoms with Crippen molar-refractivity contribution in [2.24, 2.45) is 0 Å². The number of benzene rings is 5. The van der Waals surface area contributed by atoms with Crippen LogP contribution >= 0.6 is 0 Å². The van der Waals surface area contributed by atoms with Gasteiger partial charge in [0.05, 0.1) is 79.3 Å². The van der Waals surface area contributed by atoms with Gasteiger partial charge in [-0.15, -0.1) is 0 Å². The fourth-order valence-electron chi connectivity index (χ4n) is 10.3. The van der Waals surface area contributed by atoms with Gasteiger partial charge >= 0.3 is 35.9 Å². The zero-order chi connectivity index (χ0) is 71.3. The van der Waals surface area contributed by atoms with Crippen LogP contribution in [0.4, 0.5) is 34.1 Å². The van der Waals surface area contributed by atoms with E-state index in [1.807, 2.05) is 26.0 Å². The summed E-state index contributed by atoms with van der Waals surface area (Å²) < 4.78 is 88.1. The first-order valence-electron chi connectivity index (χ1n) is 32.2. The van der Waals surface area contributed by atoms with Crippen LogP contribution in [0.15, 0.2) is 131 Å². The van der Waals surface area contributed by atoms with Crippen LogP contribution in [0.2, 0.25) is 0 Å². The number of hydrogen-bond acceptors (Lipinski definition) is 21. The van der Waals surface area contributed by atoms with Gasteiger partial charge in [-0.25, -0.2) is 22.3 Å². The highest BCUT2D eigenvalue weighted by Gasteiger charge is 2.23. The summed E-state index contributed by atoms with van der Waals surface area (Å²) in [5.41, 5.74) is 17.8. The maximum Gasteiger partial charge on any atom is 0.332 e. The van der Waals surface area contributed by atoms with Crippen LogP contribution in [-0.4, -0.2) is 175 Å². The zero-order valence-electron chi connectivity index (χ0n) is 56.0. The Bertz CT molecular complexity index is 4060. The number of nitrogens with one attached hydrogen (secondary N) is 12. The van der Waals surface area contributed by atoms with E-state index in [-0.39, 0.29) is 69.0 Å². The van der Waals surface area contributed by atoms with Crippen molar-refractivity contribution in [3.05, 3.63) is 156 Å². The average molecular weight is 1420 g/mol. The highest BCUT2D eigenvalue weighted by Crippen LogP contribution is 2.31. The predicted octanol–water partition coefficient (Wildman–Crippen LogP) is 1.61. The topological polar surface area (TPSA) is 383 Å². The molecule has 2 aliphatic rings. The molecule has 2 fully saturated rings. The smallest absolute Gasteiger partial charge is 0.332 e. The molecule has 2 aliphatic heterocycles. The third-order valence-corrected chi connectivity index (χ3v) is 18.0. The number of unbranched alkanes of at least 4 members (excludes halogenated alkanes) is 1. The van der Waals surface area contributed by atoms with E-state index in [9.17, 15) is 45.6 Å². The molecule has 0 aliphatic carbocycles. The fraction of sp³-hybridized carbons (Fsp3) is 0.358. The number of carbonyl (C=O) groups excluding carboxylic acids is 6. The molecule has 2 saturated heterocycles. The van der Waals surface area contributed by atoms with Gasteiger partial charge in [0.25, 0.3) is 32.7 Å². The van der Waals surface area contributed by atoms with Crippen LogP contribution in [-0.2, 0) is 76.4 Å². The van der Waals surface area contributed by atoms with Crippen LogP contribution < -0.4 is 76.9 Å². The van der Waals surface area contributed by atoms with Crippen molar-refractivity contribution < 1.29 is 83.7 Å². The van der Waals surface area contributed by atoms with E-state index in [0.717, 1.165) is 56.0 Å². The number of methoxy groups -OCH3 is 2. The first kappa shape index (κ1) is 75.6. The normalized spacial score (nSPS) is 13.4. The lowest BCUT2D eigenvalue weighted by molar-refractivity contribution is -0.727. The molecule has 0 unspecified atom stereocenters. The van der Waals surface area contributed by atoms with Crippen molar-refractivity contribution >= 4 is 96.0 Å². The van der Waals surface area contributed by atoms with Crippen LogP contribution in [0.25, 0.3) is 0 Å². The second kappa shape index (κ2) is 38.3.